The van der Waals surface area contributed by atoms with Gasteiger partial charge in [-0.05, 0) is 6.42 Å². The normalized spacial score (nSPS) is 14.1. The first-order valence-electron chi connectivity index (χ1n) is 7.45. The van der Waals surface area contributed by atoms with Gasteiger partial charge in [-0.2, -0.15) is 5.26 Å². The van der Waals surface area contributed by atoms with Crippen molar-refractivity contribution in [3.63, 3.8) is 0 Å². The predicted octanol–water partition coefficient (Wildman–Crippen LogP) is 3.54. The summed E-state index contributed by atoms with van der Waals surface area (Å²) in [6.07, 6.45) is 10.3. The van der Waals surface area contributed by atoms with Crippen LogP contribution in [0.4, 0.5) is 0 Å². The van der Waals surface area contributed by atoms with Crippen LogP contribution in [0.2, 0.25) is 0 Å². The van der Waals surface area contributed by atoms with Gasteiger partial charge in [-0.25, -0.2) is 0 Å². The van der Waals surface area contributed by atoms with Crippen LogP contribution >= 0.6 is 0 Å². The highest BCUT2D eigenvalue weighted by Gasteiger charge is 2.14. The summed E-state index contributed by atoms with van der Waals surface area (Å²) in [5.41, 5.74) is 0. The molecule has 0 saturated heterocycles. The van der Waals surface area contributed by atoms with E-state index in [1.165, 1.54) is 44.9 Å². The van der Waals surface area contributed by atoms with Crippen molar-refractivity contribution in [1.82, 2.24) is 0 Å². The van der Waals surface area contributed by atoms with Gasteiger partial charge in [0.1, 0.15) is 0 Å². The summed E-state index contributed by atoms with van der Waals surface area (Å²) in [4.78, 5) is 0. The molecule has 2 atom stereocenters. The van der Waals surface area contributed by atoms with E-state index in [1.54, 1.807) is 0 Å². The molecule has 0 aliphatic heterocycles. The van der Waals surface area contributed by atoms with Gasteiger partial charge in [-0.3, -0.25) is 0 Å². The van der Waals surface area contributed by atoms with Gasteiger partial charge >= 0.3 is 0 Å². The van der Waals surface area contributed by atoms with E-state index in [1.807, 2.05) is 6.07 Å². The lowest BCUT2D eigenvalue weighted by Crippen LogP contribution is -2.25. The topological polar surface area (TPSA) is 64.2 Å². The number of unbranched alkanes of at least 4 members (excludes halogenated alkanes) is 8. The van der Waals surface area contributed by atoms with Crippen LogP contribution < -0.4 is 0 Å². The lowest BCUT2D eigenvalue weighted by Gasteiger charge is -2.14. The minimum absolute atomic E-state index is 0.0264. The fourth-order valence-electron chi connectivity index (χ4n) is 2.09. The molecule has 3 heteroatoms. The molecule has 0 aromatic rings. The van der Waals surface area contributed by atoms with Crippen LogP contribution in [0.15, 0.2) is 0 Å². The average Bonchev–Trinajstić information content (AvgIpc) is 2.36. The van der Waals surface area contributed by atoms with Gasteiger partial charge in [0, 0.05) is 0 Å². The van der Waals surface area contributed by atoms with Crippen LogP contribution in [0.3, 0.4) is 0 Å². The SMILES string of the molecule is CCCCCCCCCCC[C@@H](O)[C@H](O)CC#N. The number of rotatable bonds is 12. The maximum atomic E-state index is 9.55. The highest BCUT2D eigenvalue weighted by atomic mass is 16.3. The molecule has 0 spiro atoms. The molecule has 0 aromatic carbocycles. The zero-order valence-electron chi connectivity index (χ0n) is 11.8. The van der Waals surface area contributed by atoms with Crippen LogP contribution in [-0.4, -0.2) is 22.4 Å². The van der Waals surface area contributed by atoms with Crippen molar-refractivity contribution in [3.8, 4) is 6.07 Å². The standard InChI is InChI=1S/C15H29NO2/c1-2-3-4-5-6-7-8-9-10-11-14(17)15(18)12-13-16/h14-15,17-18H,2-12H2,1H3/t14-,15-/m1/s1. The van der Waals surface area contributed by atoms with Gasteiger partial charge in [0.25, 0.3) is 0 Å². The van der Waals surface area contributed by atoms with Gasteiger partial charge in [0.2, 0.25) is 0 Å². The lowest BCUT2D eigenvalue weighted by molar-refractivity contribution is 0.0162. The minimum Gasteiger partial charge on any atom is -0.390 e. The Morgan fingerprint density at radius 2 is 1.33 bits per heavy atom. The average molecular weight is 255 g/mol. The van der Waals surface area contributed by atoms with Crippen LogP contribution in [0.5, 0.6) is 0 Å². The van der Waals surface area contributed by atoms with Crippen molar-refractivity contribution in [1.29, 1.82) is 5.26 Å². The van der Waals surface area contributed by atoms with Crippen molar-refractivity contribution in [2.45, 2.75) is 89.8 Å². The molecule has 0 aliphatic rings. The Labute approximate surface area is 112 Å². The Morgan fingerprint density at radius 3 is 1.83 bits per heavy atom. The molecule has 0 aliphatic carbocycles. The van der Waals surface area contributed by atoms with E-state index in [9.17, 15) is 10.2 Å². The minimum atomic E-state index is -0.871. The third-order valence-corrected chi connectivity index (χ3v) is 3.35. The van der Waals surface area contributed by atoms with Gasteiger partial charge in [-0.1, -0.05) is 64.7 Å². The number of nitriles is 1. The molecule has 0 unspecified atom stereocenters. The molecule has 0 rings (SSSR count). The fourth-order valence-corrected chi connectivity index (χ4v) is 2.09. The summed E-state index contributed by atoms with van der Waals surface area (Å²) >= 11 is 0. The summed E-state index contributed by atoms with van der Waals surface area (Å²) in [6.45, 7) is 2.23. The first kappa shape index (κ1) is 17.4. The first-order valence-corrected chi connectivity index (χ1v) is 7.45. The van der Waals surface area contributed by atoms with Crippen molar-refractivity contribution in [3.05, 3.63) is 0 Å². The molecule has 0 fully saturated rings. The third-order valence-electron chi connectivity index (χ3n) is 3.35. The van der Waals surface area contributed by atoms with Gasteiger partial charge in [0.15, 0.2) is 0 Å². The molecule has 0 bridgehead atoms. The van der Waals surface area contributed by atoms with E-state index in [0.717, 1.165) is 12.8 Å². The molecule has 2 N–H and O–H groups in total. The zero-order valence-corrected chi connectivity index (χ0v) is 11.8. The second-order valence-electron chi connectivity index (χ2n) is 5.11. The summed E-state index contributed by atoms with van der Waals surface area (Å²) in [7, 11) is 0. The van der Waals surface area contributed by atoms with Crippen molar-refractivity contribution < 1.29 is 10.2 Å². The molecular formula is C15H29NO2. The van der Waals surface area contributed by atoms with Crippen LogP contribution in [0.1, 0.15) is 77.6 Å². The molecule has 106 valence electrons. The van der Waals surface area contributed by atoms with Gasteiger partial charge in [-0.15, -0.1) is 0 Å². The number of aliphatic hydroxyl groups is 2. The molecule has 0 aromatic heterocycles. The third kappa shape index (κ3) is 10.6. The molecule has 18 heavy (non-hydrogen) atoms. The maximum Gasteiger partial charge on any atom is 0.0928 e. The predicted molar refractivity (Wildman–Crippen MR) is 74.1 cm³/mol. The van der Waals surface area contributed by atoms with Crippen LogP contribution in [0, 0.1) is 11.3 Å². The largest absolute Gasteiger partial charge is 0.390 e. The quantitative estimate of drug-likeness (QED) is 0.524. The number of hydrogen-bond donors (Lipinski definition) is 2. The molecule has 0 saturated carbocycles. The van der Waals surface area contributed by atoms with E-state index >= 15 is 0 Å². The Kier molecular flexibility index (Phi) is 12.4. The van der Waals surface area contributed by atoms with Crippen LogP contribution in [-0.2, 0) is 0 Å². The van der Waals surface area contributed by atoms with E-state index < -0.39 is 12.2 Å². The summed E-state index contributed by atoms with van der Waals surface area (Å²) in [5.74, 6) is 0. The molecule has 0 amide bonds. The summed E-state index contributed by atoms with van der Waals surface area (Å²) in [5, 5.41) is 27.3. The van der Waals surface area contributed by atoms with Crippen LogP contribution in [0.25, 0.3) is 0 Å². The second-order valence-corrected chi connectivity index (χ2v) is 5.11. The van der Waals surface area contributed by atoms with E-state index in [4.69, 9.17) is 5.26 Å². The Bertz CT molecular complexity index is 213. The van der Waals surface area contributed by atoms with Crippen molar-refractivity contribution in [2.24, 2.45) is 0 Å². The second kappa shape index (κ2) is 12.9. The Balaban J connectivity index is 3.22. The van der Waals surface area contributed by atoms with E-state index in [2.05, 4.69) is 6.92 Å². The van der Waals surface area contributed by atoms with Crippen molar-refractivity contribution in [2.75, 3.05) is 0 Å². The van der Waals surface area contributed by atoms with E-state index in [-0.39, 0.29) is 6.42 Å². The highest BCUT2D eigenvalue weighted by molar-refractivity contribution is 4.79. The molecular weight excluding hydrogens is 226 g/mol. The Morgan fingerprint density at radius 1 is 0.833 bits per heavy atom. The van der Waals surface area contributed by atoms with Gasteiger partial charge < -0.3 is 10.2 Å². The summed E-state index contributed by atoms with van der Waals surface area (Å²) < 4.78 is 0. The van der Waals surface area contributed by atoms with Gasteiger partial charge in [0.05, 0.1) is 24.7 Å². The summed E-state index contributed by atoms with van der Waals surface area (Å²) in [6, 6.07) is 1.87. The monoisotopic (exact) mass is 255 g/mol. The smallest absolute Gasteiger partial charge is 0.0928 e. The lowest BCUT2D eigenvalue weighted by atomic mass is 10.0. The number of aliphatic hydroxyl groups excluding tert-OH is 2. The number of hydrogen-bond acceptors (Lipinski definition) is 3. The Hall–Kier alpha value is -0.590. The first-order chi connectivity index (χ1) is 8.72. The molecule has 3 nitrogen and oxygen atoms in total. The fraction of sp³-hybridized carbons (Fsp3) is 0.933. The zero-order chi connectivity index (χ0) is 13.6. The van der Waals surface area contributed by atoms with Crippen molar-refractivity contribution >= 4 is 0 Å². The molecule has 0 heterocycles. The maximum absolute atomic E-state index is 9.55. The number of nitrogens with zero attached hydrogens (tertiary/aromatic N) is 1. The van der Waals surface area contributed by atoms with E-state index in [0.29, 0.717) is 6.42 Å². The molecule has 0 radical (unpaired) electrons. The highest BCUT2D eigenvalue weighted by Crippen LogP contribution is 2.13.